The van der Waals surface area contributed by atoms with E-state index in [2.05, 4.69) is 6.92 Å². The van der Waals surface area contributed by atoms with Gasteiger partial charge in [0.05, 0.1) is 10.5 Å². The largest absolute Gasteiger partial charge is 0.385 e. The van der Waals surface area contributed by atoms with E-state index in [4.69, 9.17) is 23.8 Å². The van der Waals surface area contributed by atoms with Gasteiger partial charge in [-0.3, -0.25) is 43.2 Å². The summed E-state index contributed by atoms with van der Waals surface area (Å²) in [4.78, 5) is 110. The maximum Gasteiger partial charge on any atom is 0.197 e. The fraction of sp³-hybridized carbons (Fsp3) is 0.369. The number of halogens is 1. The van der Waals surface area contributed by atoms with E-state index in [0.29, 0.717) is 107 Å². The minimum atomic E-state index is -2.25. The third-order valence-corrected chi connectivity index (χ3v) is 24.8. The van der Waals surface area contributed by atoms with Crippen molar-refractivity contribution in [1.82, 2.24) is 0 Å². The van der Waals surface area contributed by atoms with Crippen molar-refractivity contribution in [2.75, 3.05) is 0 Å². The van der Waals surface area contributed by atoms with Crippen molar-refractivity contribution in [3.05, 3.63) is 357 Å². The number of Topliss-reactive ketones (excluding diaryl/α,β-unsaturated/α-hetero) is 9. The molecule has 2 saturated carbocycles. The van der Waals surface area contributed by atoms with Gasteiger partial charge in [-0.1, -0.05) is 363 Å². The highest BCUT2D eigenvalue weighted by Crippen LogP contribution is 2.36. The summed E-state index contributed by atoms with van der Waals surface area (Å²) in [5.41, 5.74) is -8.25. The molecule has 0 aromatic heterocycles. The Labute approximate surface area is 789 Å². The Kier molecular flexibility index (Phi) is 44.0. The molecule has 19 nitrogen and oxygen atoms in total. The summed E-state index contributed by atoms with van der Waals surface area (Å²) < 4.78 is 0. The standard InChI is InChI=1S/C20H22O4.C18H18O4.C14H20O2.C13H16O2.C12H13ClO2.C12H16O2.C11H14O2.C11H14OS/c1-19(23,17(21)15-9-5-3-6-10-15)13-14-20(2,24)18(22)16-11-7-4-8-12-16;1-17(21,15(19)13-9-5-3-6-10-13)18(2,22)16(20)14-11-7-4-8-12-14;1-3-5-11-14(16,4-2)13(15)12-9-7-6-8-10-12;14-12(11-7-3-1-4-8-11)13(15)9-5-2-6-10-13;13-10-5-3-9(4-6-10)11(14)12(15)7-1-2-8-12;1-3-12(14,4-2)11(13)10-8-6-5-7-9-10;1-3-11(2,13)10(12)9-7-5-4-6-8-9;1-8-4-6-9(7-5-8)10(13)11(2,3)12/h3-12,23-24H,13-14H2,1-2H3;3-12,21-22H,1-2H3;6-10,16H,3-5,11H2,1-2H3;1,3-4,7-8,15H,2,5-6,9-10H2;3-6,15H,1-2,7-8H2;5-9,14H,3-4H2,1-2H3;4-8,13H,3H2,1-2H3;4-7,12H,1-3H3. The number of unbranched alkanes of at least 4 members (excludes halogenated alkanes) is 1. The number of rotatable bonds is 31. The first-order chi connectivity index (χ1) is 62.1. The lowest BCUT2D eigenvalue weighted by Gasteiger charge is -2.36. The average molecular weight is 1840 g/mol. The topological polar surface area (TPSA) is 356 Å². The molecule has 10 aromatic carbocycles. The summed E-state index contributed by atoms with van der Waals surface area (Å²) in [7, 11) is 0. The van der Waals surface area contributed by atoms with Gasteiger partial charge in [-0.05, 0) is 169 Å². The van der Waals surface area contributed by atoms with Gasteiger partial charge in [-0.25, -0.2) is 0 Å². The summed E-state index contributed by atoms with van der Waals surface area (Å²) in [5.74, 6) is -3.08. The number of carbonyl (C=O) groups is 9. The number of carbonyl (C=O) groups excluding carboxylic acids is 9. The monoisotopic (exact) mass is 1840 g/mol. The van der Waals surface area contributed by atoms with Crippen molar-refractivity contribution < 1.29 is 94.2 Å². The molecule has 0 radical (unpaired) electrons. The molecule has 0 amide bonds. The Hall–Kier alpha value is -10.8. The van der Waals surface area contributed by atoms with E-state index in [-0.39, 0.29) is 52.9 Å². The molecule has 6 atom stereocenters. The number of thiocarbonyl (C=S) groups is 1. The summed E-state index contributed by atoms with van der Waals surface area (Å²) in [6, 6.07) is 83.6. The van der Waals surface area contributed by atoms with Crippen molar-refractivity contribution in [3.63, 3.8) is 0 Å². The number of aryl methyl sites for hydroxylation is 1. The molecule has 132 heavy (non-hydrogen) atoms. The van der Waals surface area contributed by atoms with Crippen LogP contribution in [-0.4, -0.2) is 164 Å². The molecule has 704 valence electrons. The van der Waals surface area contributed by atoms with Crippen LogP contribution < -0.4 is 0 Å². The zero-order chi connectivity index (χ0) is 98.4. The van der Waals surface area contributed by atoms with Crippen LogP contribution in [0.3, 0.4) is 0 Å². The van der Waals surface area contributed by atoms with Gasteiger partial charge in [-0.2, -0.15) is 0 Å². The van der Waals surface area contributed by atoms with Crippen molar-refractivity contribution in [1.29, 1.82) is 0 Å². The summed E-state index contributed by atoms with van der Waals surface area (Å²) >= 11 is 10.9. The normalized spacial score (nSPS) is 15.6. The van der Waals surface area contributed by atoms with Crippen LogP contribution in [0.5, 0.6) is 0 Å². The molecule has 2 fully saturated rings. The smallest absolute Gasteiger partial charge is 0.197 e. The van der Waals surface area contributed by atoms with E-state index in [1.54, 1.807) is 222 Å². The van der Waals surface area contributed by atoms with Crippen LogP contribution in [0.4, 0.5) is 0 Å². The van der Waals surface area contributed by atoms with Crippen LogP contribution in [-0.2, 0) is 0 Å². The molecule has 6 unspecified atom stereocenters. The van der Waals surface area contributed by atoms with Crippen molar-refractivity contribution in [2.24, 2.45) is 0 Å². The van der Waals surface area contributed by atoms with Crippen LogP contribution in [0, 0.1) is 6.92 Å². The summed E-state index contributed by atoms with van der Waals surface area (Å²) in [5, 5.41) is 103. The van der Waals surface area contributed by atoms with Gasteiger partial charge in [0.1, 0.15) is 39.2 Å². The Morgan fingerprint density at radius 1 is 0.295 bits per heavy atom. The van der Waals surface area contributed by atoms with Crippen LogP contribution in [0.2, 0.25) is 5.02 Å². The molecular formula is C111H133ClO19S. The van der Waals surface area contributed by atoms with Crippen LogP contribution in [0.1, 0.15) is 303 Å². The Morgan fingerprint density at radius 3 is 0.811 bits per heavy atom. The Balaban J connectivity index is 0.000000270. The van der Waals surface area contributed by atoms with Crippen molar-refractivity contribution >= 4 is 80.7 Å². The van der Waals surface area contributed by atoms with Gasteiger partial charge in [0.25, 0.3) is 0 Å². The van der Waals surface area contributed by atoms with Crippen LogP contribution >= 0.6 is 23.8 Å². The predicted octanol–water partition coefficient (Wildman–Crippen LogP) is 20.8. The first-order valence-electron chi connectivity index (χ1n) is 45.1. The van der Waals surface area contributed by atoms with E-state index < -0.39 is 79.1 Å². The molecule has 2 aliphatic carbocycles. The number of aliphatic hydroxyl groups is 10. The third kappa shape index (κ3) is 32.8. The highest BCUT2D eigenvalue weighted by atomic mass is 35.5. The van der Waals surface area contributed by atoms with Crippen molar-refractivity contribution in [3.8, 4) is 0 Å². The molecule has 12 rings (SSSR count). The van der Waals surface area contributed by atoms with Gasteiger partial charge in [0.2, 0.25) is 0 Å². The fourth-order valence-corrected chi connectivity index (χ4v) is 14.6. The Bertz CT molecular complexity index is 5130. The van der Waals surface area contributed by atoms with Gasteiger partial charge < -0.3 is 51.1 Å². The maximum atomic E-state index is 12.5. The number of ketones is 9. The van der Waals surface area contributed by atoms with Crippen LogP contribution in [0.15, 0.2) is 291 Å². The molecule has 0 bridgehead atoms. The molecule has 0 heterocycles. The fourth-order valence-electron chi connectivity index (χ4n) is 14.3. The number of hydrogen-bond acceptors (Lipinski definition) is 20. The highest BCUT2D eigenvalue weighted by Gasteiger charge is 2.53. The van der Waals surface area contributed by atoms with E-state index >= 15 is 0 Å². The zero-order valence-corrected chi connectivity index (χ0v) is 79.9. The number of hydrogen-bond donors (Lipinski definition) is 10. The average Bonchev–Trinajstić information content (AvgIpc) is 0.845. The molecule has 21 heteroatoms. The quantitative estimate of drug-likeness (QED) is 0.0142. The summed E-state index contributed by atoms with van der Waals surface area (Å²) in [6.45, 7) is 21.5. The molecule has 0 saturated heterocycles. The summed E-state index contributed by atoms with van der Waals surface area (Å²) in [6.07, 6.45) is 11.5. The third-order valence-electron chi connectivity index (χ3n) is 23.9. The molecule has 0 aliphatic heterocycles. The van der Waals surface area contributed by atoms with E-state index in [9.17, 15) is 94.2 Å². The minimum Gasteiger partial charge on any atom is -0.385 e. The highest BCUT2D eigenvalue weighted by molar-refractivity contribution is 7.81. The van der Waals surface area contributed by atoms with E-state index in [1.165, 1.54) is 43.7 Å². The second-order valence-corrected chi connectivity index (χ2v) is 35.9. The lowest BCUT2D eigenvalue weighted by molar-refractivity contribution is -0.0805. The SMILES string of the molecule is CC(O)(C(=O)c1ccccc1)C(C)(O)C(=O)c1ccccc1.CC(O)(CCC(C)(O)C(=O)c1ccccc1)C(=O)c1ccccc1.CCC(C)(O)C(=O)c1ccccc1.CCC(O)(CC)C(=O)c1ccccc1.CCCCC(O)(CC)C(=O)c1ccccc1.Cc1ccc(C(=S)C(C)(C)O)cc1.O=C(c1ccc(Cl)cc1)C1(O)CCCC1.O=C(c1ccccc1)C1(O)CCCCC1. The van der Waals surface area contributed by atoms with Crippen molar-refractivity contribution in [2.45, 2.75) is 262 Å². The van der Waals surface area contributed by atoms with Gasteiger partial charge in [-0.15, -0.1) is 0 Å². The first-order valence-corrected chi connectivity index (χ1v) is 45.9. The Morgan fingerprint density at radius 2 is 0.538 bits per heavy atom. The first kappa shape index (κ1) is 112. The van der Waals surface area contributed by atoms with Crippen LogP contribution in [0.25, 0.3) is 0 Å². The zero-order valence-electron chi connectivity index (χ0n) is 78.4. The molecule has 2 aliphatic rings. The minimum absolute atomic E-state index is 0.0215. The molecule has 10 N–H and O–H groups in total. The lowest BCUT2D eigenvalue weighted by atomic mass is 9.75. The predicted molar refractivity (Wildman–Crippen MR) is 526 cm³/mol. The lowest BCUT2D eigenvalue weighted by Crippen LogP contribution is -2.60. The van der Waals surface area contributed by atoms with Gasteiger partial charge >= 0.3 is 0 Å². The van der Waals surface area contributed by atoms with Gasteiger partial charge in [0, 0.05) is 55.1 Å². The molecular weight excluding hydrogens is 1700 g/mol. The second-order valence-electron chi connectivity index (χ2n) is 35.0. The van der Waals surface area contributed by atoms with E-state index in [1.807, 2.05) is 100 Å². The van der Waals surface area contributed by atoms with E-state index in [0.717, 1.165) is 64.4 Å². The maximum absolute atomic E-state index is 12.5. The number of benzene rings is 10. The molecule has 0 spiro atoms. The van der Waals surface area contributed by atoms with Gasteiger partial charge in [0.15, 0.2) is 63.3 Å². The second kappa shape index (κ2) is 52.0. The molecule has 10 aromatic rings.